The molecule has 0 spiro atoms. The minimum atomic E-state index is -0.115. The van der Waals surface area contributed by atoms with E-state index in [0.29, 0.717) is 17.8 Å². The molecule has 22 heavy (non-hydrogen) atoms. The average Bonchev–Trinajstić information content (AvgIpc) is 2.38. The van der Waals surface area contributed by atoms with Gasteiger partial charge in [0.25, 0.3) is 5.91 Å². The lowest BCUT2D eigenvalue weighted by atomic mass is 10.1. The van der Waals surface area contributed by atoms with Gasteiger partial charge in [0.2, 0.25) is 0 Å². The van der Waals surface area contributed by atoms with Crippen LogP contribution in [0.25, 0.3) is 0 Å². The summed E-state index contributed by atoms with van der Waals surface area (Å²) in [5.74, 6) is -0.115. The Balaban J connectivity index is 0.00000220. The first-order valence-electron chi connectivity index (χ1n) is 6.97. The number of carbonyl (C=O) groups excluding carboxylic acids is 1. The van der Waals surface area contributed by atoms with Crippen LogP contribution in [0.3, 0.4) is 0 Å². The van der Waals surface area contributed by atoms with Crippen LogP contribution in [-0.4, -0.2) is 49.2 Å². The van der Waals surface area contributed by atoms with E-state index in [1.807, 2.05) is 12.1 Å². The molecule has 0 aliphatic carbocycles. The predicted octanol–water partition coefficient (Wildman–Crippen LogP) is 1.95. The van der Waals surface area contributed by atoms with Gasteiger partial charge in [0.05, 0.1) is 17.8 Å². The third-order valence-corrected chi connectivity index (χ3v) is 3.42. The number of halogens is 2. The second kappa shape index (κ2) is 9.20. The molecule has 1 aliphatic rings. The molecule has 0 aromatic heterocycles. The number of nitrogen functional groups attached to an aromatic ring is 1. The second-order valence-corrected chi connectivity index (χ2v) is 5.73. The molecule has 3 N–H and O–H groups in total. The third-order valence-electron chi connectivity index (χ3n) is 3.42. The van der Waals surface area contributed by atoms with Crippen molar-refractivity contribution >= 4 is 36.4 Å². The van der Waals surface area contributed by atoms with Crippen LogP contribution in [0.1, 0.15) is 24.2 Å². The van der Waals surface area contributed by atoms with Gasteiger partial charge in [0, 0.05) is 31.9 Å². The Hall–Kier alpha value is -1.01. The SMILES string of the molecule is CC1(C)CN(CCNC(=O)c2ccccc2N)CCO1.Cl.Cl. The number of nitrogens with one attached hydrogen (secondary N) is 1. The number of para-hydroxylation sites is 1. The Labute approximate surface area is 144 Å². The quantitative estimate of drug-likeness (QED) is 0.815. The molecule has 0 bridgehead atoms. The summed E-state index contributed by atoms with van der Waals surface area (Å²) >= 11 is 0. The van der Waals surface area contributed by atoms with Crippen molar-refractivity contribution in [1.29, 1.82) is 0 Å². The fourth-order valence-electron chi connectivity index (χ4n) is 2.43. The van der Waals surface area contributed by atoms with Crippen LogP contribution < -0.4 is 11.1 Å². The lowest BCUT2D eigenvalue weighted by molar-refractivity contribution is -0.0853. The molecule has 0 radical (unpaired) electrons. The van der Waals surface area contributed by atoms with Gasteiger partial charge < -0.3 is 15.8 Å². The summed E-state index contributed by atoms with van der Waals surface area (Å²) in [6, 6.07) is 7.11. The number of nitrogens with two attached hydrogens (primary N) is 1. The van der Waals surface area contributed by atoms with Crippen molar-refractivity contribution in [2.75, 3.05) is 38.5 Å². The molecular formula is C15H25Cl2N3O2. The zero-order chi connectivity index (χ0) is 14.6. The fraction of sp³-hybridized carbons (Fsp3) is 0.533. The largest absolute Gasteiger partial charge is 0.398 e. The van der Waals surface area contributed by atoms with Crippen LogP contribution in [0.15, 0.2) is 24.3 Å². The number of ether oxygens (including phenoxy) is 1. The van der Waals surface area contributed by atoms with E-state index < -0.39 is 0 Å². The summed E-state index contributed by atoms with van der Waals surface area (Å²) in [7, 11) is 0. The van der Waals surface area contributed by atoms with Crippen molar-refractivity contribution in [2.24, 2.45) is 0 Å². The number of anilines is 1. The van der Waals surface area contributed by atoms with E-state index in [4.69, 9.17) is 10.5 Å². The van der Waals surface area contributed by atoms with E-state index in [-0.39, 0.29) is 36.3 Å². The van der Waals surface area contributed by atoms with E-state index in [0.717, 1.165) is 26.2 Å². The van der Waals surface area contributed by atoms with Crippen molar-refractivity contribution < 1.29 is 9.53 Å². The topological polar surface area (TPSA) is 67.6 Å². The Morgan fingerprint density at radius 1 is 1.36 bits per heavy atom. The monoisotopic (exact) mass is 349 g/mol. The molecule has 0 saturated carbocycles. The lowest BCUT2D eigenvalue weighted by Gasteiger charge is -2.38. The molecule has 7 heteroatoms. The zero-order valence-electron chi connectivity index (χ0n) is 13.0. The number of rotatable bonds is 4. The molecule has 1 saturated heterocycles. The first-order valence-corrected chi connectivity index (χ1v) is 6.97. The Morgan fingerprint density at radius 2 is 2.05 bits per heavy atom. The molecule has 126 valence electrons. The normalized spacial score (nSPS) is 17.0. The molecule has 1 aromatic rings. The maximum absolute atomic E-state index is 12.0. The van der Waals surface area contributed by atoms with Gasteiger partial charge in [-0.15, -0.1) is 24.8 Å². The van der Waals surface area contributed by atoms with E-state index in [1.54, 1.807) is 12.1 Å². The van der Waals surface area contributed by atoms with Crippen LogP contribution in [0, 0.1) is 0 Å². The van der Waals surface area contributed by atoms with Crippen molar-refractivity contribution in [1.82, 2.24) is 10.2 Å². The molecule has 1 fully saturated rings. The Kier molecular flexibility index (Phi) is 8.78. The van der Waals surface area contributed by atoms with Crippen molar-refractivity contribution in [3.8, 4) is 0 Å². The lowest BCUT2D eigenvalue weighted by Crippen LogP contribution is -2.50. The minimum absolute atomic E-state index is 0. The van der Waals surface area contributed by atoms with Gasteiger partial charge in [0.15, 0.2) is 0 Å². The van der Waals surface area contributed by atoms with E-state index in [1.165, 1.54) is 0 Å². The maximum Gasteiger partial charge on any atom is 0.253 e. The summed E-state index contributed by atoms with van der Waals surface area (Å²) < 4.78 is 5.66. The molecule has 1 aliphatic heterocycles. The minimum Gasteiger partial charge on any atom is -0.398 e. The molecule has 1 heterocycles. The van der Waals surface area contributed by atoms with Crippen molar-refractivity contribution in [2.45, 2.75) is 19.4 Å². The molecular weight excluding hydrogens is 325 g/mol. The Morgan fingerprint density at radius 3 is 2.68 bits per heavy atom. The number of carbonyl (C=O) groups is 1. The number of hydrogen-bond acceptors (Lipinski definition) is 4. The van der Waals surface area contributed by atoms with Crippen molar-refractivity contribution in [3.63, 3.8) is 0 Å². The standard InChI is InChI=1S/C15H23N3O2.2ClH/c1-15(2)11-18(9-10-20-15)8-7-17-14(19)12-5-3-4-6-13(12)16;;/h3-6H,7-11,16H2,1-2H3,(H,17,19);2*1H. The van der Waals surface area contributed by atoms with Gasteiger partial charge in [0.1, 0.15) is 0 Å². The number of benzene rings is 1. The predicted molar refractivity (Wildman–Crippen MR) is 94.2 cm³/mol. The molecule has 5 nitrogen and oxygen atoms in total. The van der Waals surface area contributed by atoms with Gasteiger partial charge in [-0.1, -0.05) is 12.1 Å². The highest BCUT2D eigenvalue weighted by atomic mass is 35.5. The van der Waals surface area contributed by atoms with Crippen LogP contribution in [0.2, 0.25) is 0 Å². The summed E-state index contributed by atoms with van der Waals surface area (Å²) in [4.78, 5) is 14.3. The number of hydrogen-bond donors (Lipinski definition) is 2. The van der Waals surface area contributed by atoms with Crippen LogP contribution in [0.4, 0.5) is 5.69 Å². The van der Waals surface area contributed by atoms with Gasteiger partial charge in [-0.3, -0.25) is 9.69 Å². The maximum atomic E-state index is 12.0. The third kappa shape index (κ3) is 6.01. The first-order chi connectivity index (χ1) is 9.48. The zero-order valence-corrected chi connectivity index (χ0v) is 14.6. The van der Waals surface area contributed by atoms with Gasteiger partial charge in [-0.2, -0.15) is 0 Å². The highest BCUT2D eigenvalue weighted by Gasteiger charge is 2.26. The summed E-state index contributed by atoms with van der Waals surface area (Å²) in [6.45, 7) is 8.15. The summed E-state index contributed by atoms with van der Waals surface area (Å²) in [5.41, 5.74) is 6.73. The summed E-state index contributed by atoms with van der Waals surface area (Å²) in [5, 5.41) is 2.91. The smallest absolute Gasteiger partial charge is 0.253 e. The number of morpholine rings is 1. The second-order valence-electron chi connectivity index (χ2n) is 5.73. The molecule has 2 rings (SSSR count). The Bertz CT molecular complexity index is 484. The number of nitrogens with zero attached hydrogens (tertiary/aromatic N) is 1. The highest BCUT2D eigenvalue weighted by molar-refractivity contribution is 5.99. The molecule has 1 aromatic carbocycles. The molecule has 1 amide bonds. The van der Waals surface area contributed by atoms with E-state index >= 15 is 0 Å². The van der Waals surface area contributed by atoms with E-state index in [9.17, 15) is 4.79 Å². The summed E-state index contributed by atoms with van der Waals surface area (Å²) in [6.07, 6.45) is 0. The fourth-order valence-corrected chi connectivity index (χ4v) is 2.43. The van der Waals surface area contributed by atoms with Crippen molar-refractivity contribution in [3.05, 3.63) is 29.8 Å². The van der Waals surface area contributed by atoms with E-state index in [2.05, 4.69) is 24.1 Å². The van der Waals surface area contributed by atoms with Crippen LogP contribution in [-0.2, 0) is 4.74 Å². The molecule has 0 atom stereocenters. The first kappa shape index (κ1) is 21.0. The van der Waals surface area contributed by atoms with Crippen LogP contribution >= 0.6 is 24.8 Å². The van der Waals surface area contributed by atoms with Gasteiger partial charge in [-0.25, -0.2) is 0 Å². The van der Waals surface area contributed by atoms with Gasteiger partial charge >= 0.3 is 0 Å². The average molecular weight is 350 g/mol. The van der Waals surface area contributed by atoms with Gasteiger partial charge in [-0.05, 0) is 26.0 Å². The van der Waals surface area contributed by atoms with Crippen LogP contribution in [0.5, 0.6) is 0 Å². The highest BCUT2D eigenvalue weighted by Crippen LogP contribution is 2.15. The number of amides is 1. The molecule has 0 unspecified atom stereocenters.